The van der Waals surface area contributed by atoms with Crippen molar-refractivity contribution in [1.29, 1.82) is 0 Å². The first-order valence-corrected chi connectivity index (χ1v) is 11.9. The van der Waals surface area contributed by atoms with Crippen molar-refractivity contribution in [3.05, 3.63) is 0 Å². The second-order valence-corrected chi connectivity index (χ2v) is 11.7. The van der Waals surface area contributed by atoms with Crippen LogP contribution >= 0.6 is 0 Å². The Kier molecular flexibility index (Phi) is 3.73. The lowest BCUT2D eigenvalue weighted by molar-refractivity contribution is 0.170. The van der Waals surface area contributed by atoms with Gasteiger partial charge >= 0.3 is 0 Å². The zero-order valence-electron chi connectivity index (χ0n) is 18.6. The third-order valence-corrected chi connectivity index (χ3v) is 10.9. The normalized spacial score (nSPS) is 51.6. The molecule has 0 aromatic rings. The Morgan fingerprint density at radius 1 is 0.741 bits per heavy atom. The average Bonchev–Trinajstić information content (AvgIpc) is 3.10. The fraction of sp³-hybridized carbons (Fsp3) is 0.920. The van der Waals surface area contributed by atoms with Crippen molar-refractivity contribution in [3.8, 4) is 0 Å². The van der Waals surface area contributed by atoms with Gasteiger partial charge in [0, 0.05) is 22.3 Å². The molecule has 4 bridgehead atoms. The summed E-state index contributed by atoms with van der Waals surface area (Å²) in [5.41, 5.74) is 4.87. The molecule has 0 saturated heterocycles. The molecule has 5 rings (SSSR count). The molecule has 5 aliphatic carbocycles. The van der Waals surface area contributed by atoms with Crippen LogP contribution < -0.4 is 0 Å². The minimum absolute atomic E-state index is 0.400. The molecule has 0 amide bonds. The van der Waals surface area contributed by atoms with Crippen LogP contribution in [-0.4, -0.2) is 23.5 Å². The molecule has 0 N–H and O–H groups in total. The Labute approximate surface area is 166 Å². The summed E-state index contributed by atoms with van der Waals surface area (Å²) in [7, 11) is 0. The maximum atomic E-state index is 5.39. The standard InChI is InChI=1S/C25H40N2/c1-7-24-11-9-16(22(24,3)4)13-20(24)26-18-15-19(18)27-21-14-17-10-12-25(21,8-2)23(17,5)6/h16-19H,7-15H2,1-6H3/t16?,17?,18-,19?,24?,25?/m1/s1. The summed E-state index contributed by atoms with van der Waals surface area (Å²) in [6.45, 7) is 14.9. The highest BCUT2D eigenvalue weighted by Crippen LogP contribution is 2.67. The number of rotatable bonds is 4. The molecule has 6 atom stereocenters. The molecule has 2 nitrogen and oxygen atoms in total. The van der Waals surface area contributed by atoms with Crippen LogP contribution in [0, 0.1) is 33.5 Å². The number of hydrogen-bond donors (Lipinski definition) is 0. The van der Waals surface area contributed by atoms with E-state index in [9.17, 15) is 0 Å². The SMILES string of the molecule is CCC12CCC(CC1=NC1C[C@H]1N=C1CC3CCC1(CC)C3(C)C)C2(C)C. The minimum atomic E-state index is 0.400. The van der Waals surface area contributed by atoms with Gasteiger partial charge in [0.2, 0.25) is 0 Å². The third kappa shape index (κ3) is 2.09. The maximum absolute atomic E-state index is 5.39. The van der Waals surface area contributed by atoms with Crippen LogP contribution in [0.4, 0.5) is 0 Å². The van der Waals surface area contributed by atoms with E-state index in [0.29, 0.717) is 33.7 Å². The van der Waals surface area contributed by atoms with Gasteiger partial charge in [-0.1, -0.05) is 41.5 Å². The van der Waals surface area contributed by atoms with E-state index in [0.717, 1.165) is 11.8 Å². The van der Waals surface area contributed by atoms with Gasteiger partial charge in [0.25, 0.3) is 0 Å². The maximum Gasteiger partial charge on any atom is 0.0744 e. The van der Waals surface area contributed by atoms with Crippen molar-refractivity contribution in [1.82, 2.24) is 0 Å². The van der Waals surface area contributed by atoms with Gasteiger partial charge in [-0.25, -0.2) is 0 Å². The monoisotopic (exact) mass is 368 g/mol. The quantitative estimate of drug-likeness (QED) is 0.542. The molecular weight excluding hydrogens is 328 g/mol. The molecule has 0 radical (unpaired) electrons. The summed E-state index contributed by atoms with van der Waals surface area (Å²) in [5, 5.41) is 0. The summed E-state index contributed by atoms with van der Waals surface area (Å²) in [5.74, 6) is 1.74. The van der Waals surface area contributed by atoms with Gasteiger partial charge in [0.05, 0.1) is 12.1 Å². The van der Waals surface area contributed by atoms with E-state index in [4.69, 9.17) is 9.98 Å². The number of hydrogen-bond acceptors (Lipinski definition) is 2. The number of nitrogens with zero attached hydrogens (tertiary/aromatic N) is 2. The van der Waals surface area contributed by atoms with Crippen molar-refractivity contribution < 1.29 is 0 Å². The summed E-state index contributed by atoms with van der Waals surface area (Å²) in [6, 6.07) is 1.00. The largest absolute Gasteiger partial charge is 0.288 e. The minimum Gasteiger partial charge on any atom is -0.288 e. The molecule has 2 heteroatoms. The van der Waals surface area contributed by atoms with Crippen molar-refractivity contribution in [2.45, 2.75) is 111 Å². The molecule has 27 heavy (non-hydrogen) atoms. The first kappa shape index (κ1) is 18.4. The Balaban J connectivity index is 1.37. The van der Waals surface area contributed by atoms with Crippen LogP contribution in [0.25, 0.3) is 0 Å². The molecule has 0 heterocycles. The highest BCUT2D eigenvalue weighted by Gasteiger charge is 2.63. The van der Waals surface area contributed by atoms with Crippen molar-refractivity contribution >= 4 is 11.4 Å². The Morgan fingerprint density at radius 2 is 1.15 bits per heavy atom. The lowest BCUT2D eigenvalue weighted by Gasteiger charge is -2.38. The van der Waals surface area contributed by atoms with Gasteiger partial charge in [0.15, 0.2) is 0 Å². The smallest absolute Gasteiger partial charge is 0.0744 e. The molecule has 5 aliphatic rings. The molecule has 5 unspecified atom stereocenters. The topological polar surface area (TPSA) is 24.7 Å². The summed E-state index contributed by atoms with van der Waals surface area (Å²) in [6.07, 6.45) is 11.9. The Hall–Kier alpha value is -0.660. The van der Waals surface area contributed by atoms with Crippen LogP contribution in [0.2, 0.25) is 0 Å². The molecule has 0 aliphatic heterocycles. The summed E-state index contributed by atoms with van der Waals surface area (Å²) in [4.78, 5) is 10.8. The average molecular weight is 369 g/mol. The first-order valence-electron chi connectivity index (χ1n) is 11.9. The highest BCUT2D eigenvalue weighted by atomic mass is 15.0. The van der Waals surface area contributed by atoms with Crippen molar-refractivity contribution in [3.63, 3.8) is 0 Å². The lowest BCUT2D eigenvalue weighted by atomic mass is 9.67. The van der Waals surface area contributed by atoms with E-state index < -0.39 is 0 Å². The van der Waals surface area contributed by atoms with Gasteiger partial charge in [-0.05, 0) is 80.5 Å². The third-order valence-electron chi connectivity index (χ3n) is 10.9. The van der Waals surface area contributed by atoms with Gasteiger partial charge in [0.1, 0.15) is 0 Å². The fourth-order valence-electron chi connectivity index (χ4n) is 8.47. The molecule has 0 spiro atoms. The summed E-state index contributed by atoms with van der Waals surface area (Å²) >= 11 is 0. The zero-order valence-corrected chi connectivity index (χ0v) is 18.6. The van der Waals surface area contributed by atoms with E-state index in [1.54, 1.807) is 11.4 Å². The van der Waals surface area contributed by atoms with Gasteiger partial charge < -0.3 is 0 Å². The summed E-state index contributed by atoms with van der Waals surface area (Å²) < 4.78 is 0. The number of fused-ring (bicyclic) bond motifs is 4. The van der Waals surface area contributed by atoms with Crippen LogP contribution in [0.3, 0.4) is 0 Å². The molecule has 0 aromatic carbocycles. The first-order chi connectivity index (χ1) is 12.7. The van der Waals surface area contributed by atoms with Crippen LogP contribution in [0.15, 0.2) is 9.98 Å². The molecule has 5 fully saturated rings. The van der Waals surface area contributed by atoms with E-state index in [1.807, 2.05) is 0 Å². The second-order valence-electron chi connectivity index (χ2n) is 11.7. The Bertz CT molecular complexity index is 654. The highest BCUT2D eigenvalue weighted by molar-refractivity contribution is 5.96. The van der Waals surface area contributed by atoms with E-state index in [1.165, 1.54) is 57.8 Å². The van der Waals surface area contributed by atoms with Crippen LogP contribution in [0.5, 0.6) is 0 Å². The van der Waals surface area contributed by atoms with Crippen molar-refractivity contribution in [2.75, 3.05) is 0 Å². The number of aliphatic imine (C=N–C) groups is 2. The van der Waals surface area contributed by atoms with Crippen LogP contribution in [0.1, 0.15) is 99.3 Å². The van der Waals surface area contributed by atoms with E-state index in [2.05, 4.69) is 41.5 Å². The molecule has 150 valence electrons. The van der Waals surface area contributed by atoms with Gasteiger partial charge in [-0.2, -0.15) is 0 Å². The molecule has 5 saturated carbocycles. The fourth-order valence-corrected chi connectivity index (χ4v) is 8.47. The Morgan fingerprint density at radius 3 is 1.48 bits per heavy atom. The predicted molar refractivity (Wildman–Crippen MR) is 115 cm³/mol. The van der Waals surface area contributed by atoms with Crippen LogP contribution in [-0.2, 0) is 0 Å². The molecule has 0 aromatic heterocycles. The lowest BCUT2D eigenvalue weighted by Crippen LogP contribution is -2.35. The van der Waals surface area contributed by atoms with Crippen molar-refractivity contribution in [2.24, 2.45) is 43.5 Å². The van der Waals surface area contributed by atoms with Gasteiger partial charge in [-0.3, -0.25) is 9.98 Å². The van der Waals surface area contributed by atoms with E-state index >= 15 is 0 Å². The van der Waals surface area contributed by atoms with E-state index in [-0.39, 0.29) is 0 Å². The second kappa shape index (κ2) is 5.48. The molecular formula is C25H40N2. The van der Waals surface area contributed by atoms with Gasteiger partial charge in [-0.15, -0.1) is 0 Å². The zero-order chi connectivity index (χ0) is 19.2. The predicted octanol–water partition coefficient (Wildman–Crippen LogP) is 6.48.